The first-order chi connectivity index (χ1) is 12.6. The van der Waals surface area contributed by atoms with E-state index in [1.807, 2.05) is 47.9 Å². The average molecular weight is 381 g/mol. The van der Waals surface area contributed by atoms with Gasteiger partial charge < -0.3 is 4.57 Å². The van der Waals surface area contributed by atoms with Crippen LogP contribution in [0.3, 0.4) is 0 Å². The van der Waals surface area contributed by atoms with E-state index in [1.54, 1.807) is 24.9 Å². The van der Waals surface area contributed by atoms with Crippen molar-refractivity contribution in [3.63, 3.8) is 0 Å². The van der Waals surface area contributed by atoms with Gasteiger partial charge in [0.2, 0.25) is 5.78 Å². The Kier molecular flexibility index (Phi) is 4.36. The fourth-order valence-electron chi connectivity index (χ4n) is 2.59. The zero-order valence-electron chi connectivity index (χ0n) is 13.8. The fourth-order valence-corrected chi connectivity index (χ4v) is 3.53. The molecule has 0 amide bonds. The van der Waals surface area contributed by atoms with Crippen molar-refractivity contribution in [3.05, 3.63) is 82.0 Å². The highest BCUT2D eigenvalue weighted by Crippen LogP contribution is 2.27. The van der Waals surface area contributed by atoms with Crippen molar-refractivity contribution >= 4 is 28.7 Å². The Morgan fingerprint density at radius 2 is 2.04 bits per heavy atom. The molecule has 0 spiro atoms. The molecule has 0 saturated carbocycles. The van der Waals surface area contributed by atoms with Gasteiger partial charge in [0.05, 0.1) is 0 Å². The molecule has 7 heteroatoms. The lowest BCUT2D eigenvalue weighted by Crippen LogP contribution is -2.00. The molecular formula is C19H13ClN4OS. The monoisotopic (exact) mass is 380 g/mol. The first-order valence-electron chi connectivity index (χ1n) is 7.84. The van der Waals surface area contributed by atoms with Gasteiger partial charge in [-0.3, -0.25) is 4.79 Å². The van der Waals surface area contributed by atoms with Crippen molar-refractivity contribution in [1.82, 2.24) is 19.5 Å². The Labute approximate surface area is 159 Å². The maximum Gasteiger partial charge on any atom is 0.241 e. The summed E-state index contributed by atoms with van der Waals surface area (Å²) in [4.78, 5) is 26.0. The highest BCUT2D eigenvalue weighted by atomic mass is 35.5. The minimum atomic E-state index is -0.173. The lowest BCUT2D eigenvalue weighted by Gasteiger charge is -2.07. The molecule has 0 N–H and O–H groups in total. The van der Waals surface area contributed by atoms with Gasteiger partial charge in [-0.2, -0.15) is 0 Å². The molecule has 26 heavy (non-hydrogen) atoms. The molecule has 0 radical (unpaired) electrons. The number of halogens is 1. The van der Waals surface area contributed by atoms with Crippen LogP contribution in [0.1, 0.15) is 20.4 Å². The Morgan fingerprint density at radius 3 is 2.81 bits per heavy atom. The smallest absolute Gasteiger partial charge is 0.241 e. The Balaban J connectivity index is 1.67. The lowest BCUT2D eigenvalue weighted by atomic mass is 10.1. The van der Waals surface area contributed by atoms with Crippen LogP contribution < -0.4 is 0 Å². The normalized spacial score (nSPS) is 10.8. The summed E-state index contributed by atoms with van der Waals surface area (Å²) in [5, 5.41) is 0.897. The summed E-state index contributed by atoms with van der Waals surface area (Å²) in [5.74, 6) is -0.173. The van der Waals surface area contributed by atoms with Crippen LogP contribution in [0.4, 0.5) is 0 Å². The predicted molar refractivity (Wildman–Crippen MR) is 102 cm³/mol. The Morgan fingerprint density at radius 1 is 1.15 bits per heavy atom. The molecule has 3 aromatic heterocycles. The van der Waals surface area contributed by atoms with E-state index in [0.717, 1.165) is 21.7 Å². The zero-order valence-corrected chi connectivity index (χ0v) is 15.3. The number of ketones is 1. The molecule has 4 rings (SSSR count). The van der Waals surface area contributed by atoms with Crippen molar-refractivity contribution in [3.8, 4) is 16.8 Å². The number of imidazole rings is 1. The van der Waals surface area contributed by atoms with Crippen molar-refractivity contribution in [2.75, 3.05) is 0 Å². The molecule has 0 saturated heterocycles. The number of aromatic nitrogens is 4. The van der Waals surface area contributed by atoms with E-state index in [-0.39, 0.29) is 5.78 Å². The lowest BCUT2D eigenvalue weighted by molar-refractivity contribution is 0.103. The molecule has 3 heterocycles. The second kappa shape index (κ2) is 6.82. The highest BCUT2D eigenvalue weighted by molar-refractivity contribution is 7.13. The van der Waals surface area contributed by atoms with E-state index in [4.69, 9.17) is 11.6 Å². The van der Waals surface area contributed by atoms with Gasteiger partial charge in [0.15, 0.2) is 5.01 Å². The minimum absolute atomic E-state index is 0.173. The second-order valence-electron chi connectivity index (χ2n) is 5.66. The molecule has 0 aliphatic heterocycles. The van der Waals surface area contributed by atoms with Gasteiger partial charge in [-0.1, -0.05) is 23.7 Å². The number of pyridine rings is 1. The molecule has 0 atom stereocenters. The molecule has 0 unspecified atom stereocenters. The number of benzene rings is 1. The summed E-state index contributed by atoms with van der Waals surface area (Å²) >= 11 is 7.56. The predicted octanol–water partition coefficient (Wildman–Crippen LogP) is 4.58. The first-order valence-corrected chi connectivity index (χ1v) is 9.04. The van der Waals surface area contributed by atoms with Crippen LogP contribution in [0.25, 0.3) is 16.8 Å². The second-order valence-corrected chi connectivity index (χ2v) is 7.26. The quantitative estimate of drug-likeness (QED) is 0.384. The van der Waals surface area contributed by atoms with Crippen molar-refractivity contribution < 1.29 is 4.79 Å². The summed E-state index contributed by atoms with van der Waals surface area (Å²) in [5.41, 5.74) is 3.04. The van der Waals surface area contributed by atoms with Crippen LogP contribution in [0.5, 0.6) is 0 Å². The van der Waals surface area contributed by atoms with Crippen molar-refractivity contribution in [2.45, 2.75) is 6.92 Å². The topological polar surface area (TPSA) is 60.7 Å². The van der Waals surface area contributed by atoms with Crippen LogP contribution >= 0.6 is 22.9 Å². The third-order valence-electron chi connectivity index (χ3n) is 3.85. The maximum atomic E-state index is 12.5. The molecule has 0 aliphatic carbocycles. The van der Waals surface area contributed by atoms with Gasteiger partial charge in [0.25, 0.3) is 0 Å². The van der Waals surface area contributed by atoms with Gasteiger partial charge in [-0.15, -0.1) is 11.3 Å². The van der Waals surface area contributed by atoms with E-state index in [2.05, 4.69) is 15.0 Å². The average Bonchev–Trinajstić information content (AvgIpc) is 3.31. The van der Waals surface area contributed by atoms with Gasteiger partial charge >= 0.3 is 0 Å². The molecular weight excluding hydrogens is 368 g/mol. The van der Waals surface area contributed by atoms with E-state index in [9.17, 15) is 4.79 Å². The van der Waals surface area contributed by atoms with E-state index < -0.39 is 0 Å². The number of thiazole rings is 1. The molecule has 1 aromatic carbocycles. The number of hydrogen-bond donors (Lipinski definition) is 0. The molecule has 128 valence electrons. The molecule has 0 aliphatic rings. The van der Waals surface area contributed by atoms with Crippen LogP contribution in [-0.2, 0) is 0 Å². The Hall–Kier alpha value is -2.83. The van der Waals surface area contributed by atoms with Gasteiger partial charge in [-0.05, 0) is 36.8 Å². The summed E-state index contributed by atoms with van der Waals surface area (Å²) in [6, 6.07) is 11.6. The summed E-state index contributed by atoms with van der Waals surface area (Å²) < 4.78 is 1.81. The molecule has 4 aromatic rings. The molecule has 0 bridgehead atoms. The standard InChI is InChI=1S/C19H13ClN4OS/c1-12-9-22-19(26-12)17(25)16-10-24(11-23-16)14-5-2-4-13(8-14)15-6-3-7-21-18(15)20/h2-11H,1H3. The zero-order chi connectivity index (χ0) is 18.1. The summed E-state index contributed by atoms with van der Waals surface area (Å²) in [7, 11) is 0. The van der Waals surface area contributed by atoms with Crippen molar-refractivity contribution in [1.29, 1.82) is 0 Å². The Bertz CT molecular complexity index is 1100. The molecule has 0 fully saturated rings. The number of carbonyl (C=O) groups is 1. The SMILES string of the molecule is Cc1cnc(C(=O)c2cn(-c3cccc(-c4cccnc4Cl)c3)cn2)s1. The minimum Gasteiger partial charge on any atom is -0.306 e. The number of carbonyl (C=O) groups excluding carboxylic acids is 1. The third-order valence-corrected chi connectivity index (χ3v) is 5.06. The van der Waals surface area contributed by atoms with E-state index in [1.165, 1.54) is 11.3 Å². The van der Waals surface area contributed by atoms with E-state index in [0.29, 0.717) is 15.9 Å². The van der Waals surface area contributed by atoms with Crippen LogP contribution in [-0.4, -0.2) is 25.3 Å². The van der Waals surface area contributed by atoms with Gasteiger partial charge in [0.1, 0.15) is 17.2 Å². The number of rotatable bonds is 4. The number of hydrogen-bond acceptors (Lipinski definition) is 5. The van der Waals surface area contributed by atoms with E-state index >= 15 is 0 Å². The largest absolute Gasteiger partial charge is 0.306 e. The third kappa shape index (κ3) is 3.16. The summed E-state index contributed by atoms with van der Waals surface area (Å²) in [6.07, 6.45) is 6.68. The molecule has 5 nitrogen and oxygen atoms in total. The number of nitrogens with zero attached hydrogens (tertiary/aromatic N) is 4. The van der Waals surface area contributed by atoms with Crippen LogP contribution in [0, 0.1) is 6.92 Å². The fraction of sp³-hybridized carbons (Fsp3) is 0.0526. The maximum absolute atomic E-state index is 12.5. The number of aryl methyl sites for hydroxylation is 1. The van der Waals surface area contributed by atoms with Gasteiger partial charge in [-0.25, -0.2) is 15.0 Å². The van der Waals surface area contributed by atoms with Gasteiger partial charge in [0, 0.05) is 34.7 Å². The van der Waals surface area contributed by atoms with Crippen molar-refractivity contribution in [2.24, 2.45) is 0 Å². The highest BCUT2D eigenvalue weighted by Gasteiger charge is 2.16. The van der Waals surface area contributed by atoms with Crippen LogP contribution in [0.2, 0.25) is 5.15 Å². The van der Waals surface area contributed by atoms with Crippen LogP contribution in [0.15, 0.2) is 61.3 Å². The summed E-state index contributed by atoms with van der Waals surface area (Å²) in [6.45, 7) is 1.92. The first kappa shape index (κ1) is 16.6.